The Hall–Kier alpha value is -1.81. The smallest absolute Gasteiger partial charge is 0.233 e. The van der Waals surface area contributed by atoms with E-state index in [4.69, 9.17) is 4.74 Å². The third-order valence-electron chi connectivity index (χ3n) is 2.21. The second kappa shape index (κ2) is 7.46. The Balaban J connectivity index is 2.51. The van der Waals surface area contributed by atoms with Crippen LogP contribution in [0.1, 0.15) is 5.56 Å². The molecule has 4 heteroatoms. The number of rotatable bonds is 7. The Labute approximate surface area is 102 Å². The minimum absolute atomic E-state index is 0.0329. The summed E-state index contributed by atoms with van der Waals surface area (Å²) in [6.45, 7) is 4.98. The highest BCUT2D eigenvalue weighted by molar-refractivity contribution is 5.77. The first-order valence-corrected chi connectivity index (χ1v) is 5.50. The summed E-state index contributed by atoms with van der Waals surface area (Å²) >= 11 is 0. The number of hydrogen-bond acceptors (Lipinski definition) is 3. The molecule has 1 amide bonds. The summed E-state index contributed by atoms with van der Waals surface area (Å²) in [5.41, 5.74) is 1.03. The molecule has 0 aliphatic rings. The first-order valence-electron chi connectivity index (χ1n) is 5.50. The van der Waals surface area contributed by atoms with Crippen molar-refractivity contribution in [2.24, 2.45) is 0 Å². The number of benzene rings is 1. The van der Waals surface area contributed by atoms with Gasteiger partial charge in [0, 0.05) is 19.2 Å². The maximum atomic E-state index is 11.0. The van der Waals surface area contributed by atoms with E-state index in [0.29, 0.717) is 19.7 Å². The Morgan fingerprint density at radius 1 is 1.47 bits per heavy atom. The van der Waals surface area contributed by atoms with E-state index >= 15 is 0 Å². The van der Waals surface area contributed by atoms with E-state index in [1.807, 2.05) is 24.3 Å². The van der Waals surface area contributed by atoms with Crippen LogP contribution in [0.4, 0.5) is 0 Å². The van der Waals surface area contributed by atoms with Crippen molar-refractivity contribution >= 4 is 5.91 Å². The number of nitrogens with one attached hydrogen (secondary N) is 2. The highest BCUT2D eigenvalue weighted by Gasteiger charge is 2.03. The molecule has 0 radical (unpaired) electrons. The lowest BCUT2D eigenvalue weighted by Gasteiger charge is -2.10. The van der Waals surface area contributed by atoms with Gasteiger partial charge in [0.1, 0.15) is 12.4 Å². The quantitative estimate of drug-likeness (QED) is 0.694. The third-order valence-corrected chi connectivity index (χ3v) is 2.21. The highest BCUT2D eigenvalue weighted by Crippen LogP contribution is 2.17. The molecular formula is C13H18N2O2. The van der Waals surface area contributed by atoms with Crippen LogP contribution in [0.2, 0.25) is 0 Å². The zero-order valence-electron chi connectivity index (χ0n) is 10.0. The van der Waals surface area contributed by atoms with Crippen LogP contribution in [-0.2, 0) is 11.3 Å². The molecule has 0 fully saturated rings. The first kappa shape index (κ1) is 13.3. The lowest BCUT2D eigenvalue weighted by atomic mass is 10.2. The summed E-state index contributed by atoms with van der Waals surface area (Å²) in [6, 6.07) is 7.73. The van der Waals surface area contributed by atoms with Crippen molar-refractivity contribution in [3.05, 3.63) is 42.5 Å². The number of carbonyl (C=O) groups is 1. The average molecular weight is 234 g/mol. The second-order valence-corrected chi connectivity index (χ2v) is 3.48. The fourth-order valence-electron chi connectivity index (χ4n) is 1.34. The molecule has 4 nitrogen and oxygen atoms in total. The van der Waals surface area contributed by atoms with E-state index in [2.05, 4.69) is 17.2 Å². The summed E-state index contributed by atoms with van der Waals surface area (Å²) in [5, 5.41) is 5.61. The van der Waals surface area contributed by atoms with E-state index in [9.17, 15) is 4.79 Å². The molecule has 0 bridgehead atoms. The van der Waals surface area contributed by atoms with Gasteiger partial charge in [-0.15, -0.1) is 0 Å². The van der Waals surface area contributed by atoms with Crippen molar-refractivity contribution in [3.8, 4) is 5.75 Å². The molecule has 0 unspecified atom stereocenters. The van der Waals surface area contributed by atoms with Crippen molar-refractivity contribution in [1.82, 2.24) is 10.6 Å². The summed E-state index contributed by atoms with van der Waals surface area (Å²) < 4.78 is 5.51. The van der Waals surface area contributed by atoms with Crippen molar-refractivity contribution < 1.29 is 9.53 Å². The van der Waals surface area contributed by atoms with Crippen LogP contribution in [-0.4, -0.2) is 26.1 Å². The van der Waals surface area contributed by atoms with Gasteiger partial charge in [0.15, 0.2) is 0 Å². The van der Waals surface area contributed by atoms with E-state index in [1.54, 1.807) is 13.1 Å². The molecule has 1 rings (SSSR count). The third kappa shape index (κ3) is 4.70. The maximum absolute atomic E-state index is 11.0. The Morgan fingerprint density at radius 3 is 2.94 bits per heavy atom. The predicted molar refractivity (Wildman–Crippen MR) is 67.9 cm³/mol. The van der Waals surface area contributed by atoms with Gasteiger partial charge in [-0.3, -0.25) is 4.79 Å². The average Bonchev–Trinajstić information content (AvgIpc) is 2.37. The molecule has 1 aromatic rings. The molecule has 0 saturated carbocycles. The van der Waals surface area contributed by atoms with Crippen LogP contribution in [0.25, 0.3) is 0 Å². The zero-order valence-corrected chi connectivity index (χ0v) is 10.0. The fraction of sp³-hybridized carbons (Fsp3) is 0.308. The van der Waals surface area contributed by atoms with E-state index in [1.165, 1.54) is 0 Å². The largest absolute Gasteiger partial charge is 0.489 e. The number of likely N-dealkylation sites (N-methyl/N-ethyl adjacent to an activating group) is 1. The van der Waals surface area contributed by atoms with E-state index < -0.39 is 0 Å². The fourth-order valence-corrected chi connectivity index (χ4v) is 1.34. The van der Waals surface area contributed by atoms with Gasteiger partial charge in [-0.2, -0.15) is 0 Å². The lowest BCUT2D eigenvalue weighted by Crippen LogP contribution is -2.31. The molecule has 0 aliphatic carbocycles. The minimum atomic E-state index is -0.0329. The molecule has 0 heterocycles. The van der Waals surface area contributed by atoms with Crippen molar-refractivity contribution in [2.75, 3.05) is 20.2 Å². The second-order valence-electron chi connectivity index (χ2n) is 3.48. The summed E-state index contributed by atoms with van der Waals surface area (Å²) in [7, 11) is 1.62. The molecule has 0 saturated heterocycles. The Morgan fingerprint density at radius 2 is 2.24 bits per heavy atom. The zero-order chi connectivity index (χ0) is 12.5. The first-order chi connectivity index (χ1) is 8.27. The van der Waals surface area contributed by atoms with Crippen molar-refractivity contribution in [3.63, 3.8) is 0 Å². The molecule has 1 aromatic carbocycles. The summed E-state index contributed by atoms with van der Waals surface area (Å²) in [4.78, 5) is 11.0. The number of carbonyl (C=O) groups excluding carboxylic acids is 1. The van der Waals surface area contributed by atoms with Crippen LogP contribution in [0.5, 0.6) is 5.75 Å². The van der Waals surface area contributed by atoms with Gasteiger partial charge in [-0.1, -0.05) is 30.9 Å². The van der Waals surface area contributed by atoms with Gasteiger partial charge in [0.2, 0.25) is 5.91 Å². The van der Waals surface area contributed by atoms with Gasteiger partial charge in [-0.25, -0.2) is 0 Å². The summed E-state index contributed by atoms with van der Waals surface area (Å²) in [6.07, 6.45) is 1.70. The van der Waals surface area contributed by atoms with Crippen LogP contribution in [0.3, 0.4) is 0 Å². The minimum Gasteiger partial charge on any atom is -0.489 e. The number of amides is 1. The van der Waals surface area contributed by atoms with E-state index in [0.717, 1.165) is 11.3 Å². The predicted octanol–water partition coefficient (Wildman–Crippen LogP) is 1.09. The summed E-state index contributed by atoms with van der Waals surface area (Å²) in [5.74, 6) is 0.784. The molecule has 17 heavy (non-hydrogen) atoms. The Bertz CT molecular complexity index is 377. The monoisotopic (exact) mass is 234 g/mol. The highest BCUT2D eigenvalue weighted by atomic mass is 16.5. The molecular weight excluding hydrogens is 216 g/mol. The van der Waals surface area contributed by atoms with Crippen molar-refractivity contribution in [2.45, 2.75) is 6.54 Å². The van der Waals surface area contributed by atoms with Gasteiger partial charge in [0.05, 0.1) is 6.54 Å². The molecule has 0 aliphatic heterocycles. The normalized spacial score (nSPS) is 9.71. The number of hydrogen-bond donors (Lipinski definition) is 2. The van der Waals surface area contributed by atoms with Gasteiger partial charge in [0.25, 0.3) is 0 Å². The van der Waals surface area contributed by atoms with E-state index in [-0.39, 0.29) is 5.91 Å². The van der Waals surface area contributed by atoms with Crippen LogP contribution >= 0.6 is 0 Å². The molecule has 92 valence electrons. The molecule has 0 atom stereocenters. The van der Waals surface area contributed by atoms with Crippen molar-refractivity contribution in [1.29, 1.82) is 0 Å². The maximum Gasteiger partial charge on any atom is 0.233 e. The van der Waals surface area contributed by atoms with Crippen LogP contribution < -0.4 is 15.4 Å². The lowest BCUT2D eigenvalue weighted by molar-refractivity contribution is -0.119. The van der Waals surface area contributed by atoms with Crippen LogP contribution in [0, 0.1) is 0 Å². The standard InChI is InChI=1S/C13H18N2O2/c1-3-8-17-12-7-5-4-6-11(12)9-15-10-13(16)14-2/h3-7,15H,1,8-10H2,2H3,(H,14,16). The van der Waals surface area contributed by atoms with Gasteiger partial charge >= 0.3 is 0 Å². The molecule has 2 N–H and O–H groups in total. The molecule has 0 spiro atoms. The SMILES string of the molecule is C=CCOc1ccccc1CNCC(=O)NC. The van der Waals surface area contributed by atoms with Crippen LogP contribution in [0.15, 0.2) is 36.9 Å². The number of ether oxygens (including phenoxy) is 1. The molecule has 0 aromatic heterocycles. The number of para-hydroxylation sites is 1. The van der Waals surface area contributed by atoms with Gasteiger partial charge in [-0.05, 0) is 6.07 Å². The van der Waals surface area contributed by atoms with Gasteiger partial charge < -0.3 is 15.4 Å². The topological polar surface area (TPSA) is 50.4 Å². The Kier molecular flexibility index (Phi) is 5.82.